The van der Waals surface area contributed by atoms with Gasteiger partial charge in [0.2, 0.25) is 5.91 Å². The predicted molar refractivity (Wildman–Crippen MR) is 107 cm³/mol. The van der Waals surface area contributed by atoms with Crippen LogP contribution in [0, 0.1) is 6.92 Å². The van der Waals surface area contributed by atoms with Crippen molar-refractivity contribution in [2.24, 2.45) is 0 Å². The maximum atomic E-state index is 12.3. The van der Waals surface area contributed by atoms with Crippen molar-refractivity contribution in [3.63, 3.8) is 0 Å². The van der Waals surface area contributed by atoms with Crippen LogP contribution in [0.25, 0.3) is 11.3 Å². The average Bonchev–Trinajstić information content (AvgIpc) is 3.16. The molecule has 27 heavy (non-hydrogen) atoms. The highest BCUT2D eigenvalue weighted by Crippen LogP contribution is 2.25. The molecule has 1 atom stereocenters. The van der Waals surface area contributed by atoms with Crippen LogP contribution < -0.4 is 10.1 Å². The third-order valence-corrected chi connectivity index (χ3v) is 4.67. The van der Waals surface area contributed by atoms with Crippen molar-refractivity contribution in [3.8, 4) is 17.1 Å². The number of amides is 1. The van der Waals surface area contributed by atoms with Crippen LogP contribution in [0.1, 0.15) is 36.3 Å². The fourth-order valence-corrected chi connectivity index (χ4v) is 3.12. The smallest absolute Gasteiger partial charge is 0.220 e. The highest BCUT2D eigenvalue weighted by Gasteiger charge is 2.12. The molecule has 0 radical (unpaired) electrons. The lowest BCUT2D eigenvalue weighted by Gasteiger charge is -2.16. The molecule has 0 aliphatic carbocycles. The SMILES string of the molecule is COc1ccc(-c2ccc(CCC(=O)N[C@H](C)c3ccccc3C)o2)cc1. The van der Waals surface area contributed by atoms with E-state index in [0.717, 1.165) is 28.4 Å². The van der Waals surface area contributed by atoms with E-state index in [1.807, 2.05) is 61.5 Å². The van der Waals surface area contributed by atoms with E-state index in [0.29, 0.717) is 12.8 Å². The van der Waals surface area contributed by atoms with Crippen molar-refractivity contribution in [3.05, 3.63) is 77.6 Å². The van der Waals surface area contributed by atoms with E-state index in [-0.39, 0.29) is 11.9 Å². The Hall–Kier alpha value is -3.01. The molecule has 0 saturated carbocycles. The van der Waals surface area contributed by atoms with E-state index < -0.39 is 0 Å². The molecule has 1 aromatic heterocycles. The van der Waals surface area contributed by atoms with Crippen LogP contribution >= 0.6 is 0 Å². The monoisotopic (exact) mass is 363 g/mol. The summed E-state index contributed by atoms with van der Waals surface area (Å²) in [6.07, 6.45) is 0.967. The van der Waals surface area contributed by atoms with Gasteiger partial charge in [-0.25, -0.2) is 0 Å². The van der Waals surface area contributed by atoms with Crippen molar-refractivity contribution in [1.29, 1.82) is 0 Å². The van der Waals surface area contributed by atoms with Crippen molar-refractivity contribution in [2.45, 2.75) is 32.7 Å². The number of furan rings is 1. The van der Waals surface area contributed by atoms with E-state index in [2.05, 4.69) is 18.3 Å². The molecule has 1 N–H and O–H groups in total. The number of carbonyl (C=O) groups excluding carboxylic acids is 1. The van der Waals surface area contributed by atoms with Crippen LogP contribution in [-0.2, 0) is 11.2 Å². The second-order valence-corrected chi connectivity index (χ2v) is 6.64. The Balaban J connectivity index is 1.55. The van der Waals surface area contributed by atoms with E-state index in [1.54, 1.807) is 7.11 Å². The molecule has 3 rings (SSSR count). The van der Waals surface area contributed by atoms with Gasteiger partial charge in [0.15, 0.2) is 0 Å². The summed E-state index contributed by atoms with van der Waals surface area (Å²) in [4.78, 5) is 12.3. The number of hydrogen-bond acceptors (Lipinski definition) is 3. The molecule has 0 fully saturated rings. The highest BCUT2D eigenvalue weighted by molar-refractivity contribution is 5.76. The number of carbonyl (C=O) groups is 1. The topological polar surface area (TPSA) is 51.5 Å². The zero-order chi connectivity index (χ0) is 19.2. The maximum absolute atomic E-state index is 12.3. The molecule has 4 heteroatoms. The zero-order valence-electron chi connectivity index (χ0n) is 16.0. The summed E-state index contributed by atoms with van der Waals surface area (Å²) >= 11 is 0. The van der Waals surface area contributed by atoms with Crippen LogP contribution in [0.4, 0.5) is 0 Å². The first-order chi connectivity index (χ1) is 13.1. The fraction of sp³-hybridized carbons (Fsp3) is 0.261. The van der Waals surface area contributed by atoms with Crippen molar-refractivity contribution < 1.29 is 13.9 Å². The average molecular weight is 363 g/mol. The summed E-state index contributed by atoms with van der Waals surface area (Å²) in [6, 6.07) is 19.7. The van der Waals surface area contributed by atoms with Crippen molar-refractivity contribution >= 4 is 5.91 Å². The van der Waals surface area contributed by atoms with Crippen LogP contribution in [0.2, 0.25) is 0 Å². The Morgan fingerprint density at radius 3 is 2.52 bits per heavy atom. The molecule has 2 aromatic carbocycles. The van der Waals surface area contributed by atoms with E-state index in [4.69, 9.17) is 9.15 Å². The van der Waals surface area contributed by atoms with E-state index in [9.17, 15) is 4.79 Å². The predicted octanol–water partition coefficient (Wildman–Crippen LogP) is 5.07. The summed E-state index contributed by atoms with van der Waals surface area (Å²) in [7, 11) is 1.64. The van der Waals surface area contributed by atoms with Gasteiger partial charge >= 0.3 is 0 Å². The highest BCUT2D eigenvalue weighted by atomic mass is 16.5. The van der Waals surface area contributed by atoms with Gasteiger partial charge in [-0.3, -0.25) is 4.79 Å². The van der Waals surface area contributed by atoms with Gasteiger partial charge in [0.25, 0.3) is 0 Å². The van der Waals surface area contributed by atoms with Gasteiger partial charge in [0, 0.05) is 18.4 Å². The molecule has 3 aromatic rings. The van der Waals surface area contributed by atoms with Gasteiger partial charge in [0.1, 0.15) is 17.3 Å². The Morgan fingerprint density at radius 1 is 1.07 bits per heavy atom. The van der Waals surface area contributed by atoms with Crippen LogP contribution in [0.3, 0.4) is 0 Å². The second-order valence-electron chi connectivity index (χ2n) is 6.64. The molecule has 0 aliphatic rings. The molecule has 140 valence electrons. The lowest BCUT2D eigenvalue weighted by atomic mass is 10.0. The van der Waals surface area contributed by atoms with Crippen LogP contribution in [-0.4, -0.2) is 13.0 Å². The third-order valence-electron chi connectivity index (χ3n) is 4.67. The molecule has 0 bridgehead atoms. The number of nitrogens with one attached hydrogen (secondary N) is 1. The van der Waals surface area contributed by atoms with Gasteiger partial charge in [-0.05, 0) is 61.4 Å². The molecule has 4 nitrogen and oxygen atoms in total. The maximum Gasteiger partial charge on any atom is 0.220 e. The van der Waals surface area contributed by atoms with Crippen LogP contribution in [0.15, 0.2) is 65.1 Å². The largest absolute Gasteiger partial charge is 0.497 e. The minimum Gasteiger partial charge on any atom is -0.497 e. The minimum absolute atomic E-state index is 0.00911. The van der Waals surface area contributed by atoms with Crippen molar-refractivity contribution in [1.82, 2.24) is 5.32 Å². The first-order valence-electron chi connectivity index (χ1n) is 9.15. The Kier molecular flexibility index (Phi) is 5.97. The zero-order valence-corrected chi connectivity index (χ0v) is 16.0. The van der Waals surface area contributed by atoms with Gasteiger partial charge in [-0.1, -0.05) is 24.3 Å². The van der Waals surface area contributed by atoms with E-state index >= 15 is 0 Å². The first kappa shape index (κ1) is 18.8. The molecule has 1 heterocycles. The second kappa shape index (κ2) is 8.58. The summed E-state index contributed by atoms with van der Waals surface area (Å²) in [5.41, 5.74) is 3.31. The standard InChI is InChI=1S/C23H25NO3/c1-16-6-4-5-7-21(16)17(2)24-23(25)15-13-20-12-14-22(27-20)18-8-10-19(26-3)11-9-18/h4-12,14,17H,13,15H2,1-3H3,(H,24,25)/t17-/m1/s1. The summed E-state index contributed by atoms with van der Waals surface area (Å²) in [5, 5.41) is 3.06. The lowest BCUT2D eigenvalue weighted by molar-refractivity contribution is -0.121. The van der Waals surface area contributed by atoms with E-state index in [1.165, 1.54) is 5.56 Å². The molecule has 0 unspecified atom stereocenters. The van der Waals surface area contributed by atoms with Crippen LogP contribution in [0.5, 0.6) is 5.75 Å². The lowest BCUT2D eigenvalue weighted by Crippen LogP contribution is -2.27. The summed E-state index contributed by atoms with van der Waals surface area (Å²) in [5.74, 6) is 2.43. The minimum atomic E-state index is -0.00911. The first-order valence-corrected chi connectivity index (χ1v) is 9.15. The Labute approximate surface area is 160 Å². The Morgan fingerprint density at radius 2 is 1.81 bits per heavy atom. The molecule has 0 spiro atoms. The number of hydrogen-bond donors (Lipinski definition) is 1. The number of benzene rings is 2. The number of aryl methyl sites for hydroxylation is 2. The summed E-state index contributed by atoms with van der Waals surface area (Å²) < 4.78 is 11.1. The third kappa shape index (κ3) is 4.79. The van der Waals surface area contributed by atoms with Gasteiger partial charge in [0.05, 0.1) is 13.2 Å². The molecular weight excluding hydrogens is 338 g/mol. The molecule has 0 saturated heterocycles. The fourth-order valence-electron chi connectivity index (χ4n) is 3.12. The number of methoxy groups -OCH3 is 1. The van der Waals surface area contributed by atoms with Gasteiger partial charge < -0.3 is 14.5 Å². The molecule has 1 amide bonds. The quantitative estimate of drug-likeness (QED) is 0.637. The van der Waals surface area contributed by atoms with Crippen molar-refractivity contribution in [2.75, 3.05) is 7.11 Å². The van der Waals surface area contributed by atoms with Gasteiger partial charge in [-0.15, -0.1) is 0 Å². The van der Waals surface area contributed by atoms with Gasteiger partial charge in [-0.2, -0.15) is 0 Å². The molecule has 0 aliphatic heterocycles. The molecular formula is C23H25NO3. The Bertz CT molecular complexity index is 896. The normalized spacial score (nSPS) is 11.8. The summed E-state index contributed by atoms with van der Waals surface area (Å²) in [6.45, 7) is 4.07. The number of ether oxygens (including phenoxy) is 1. The number of rotatable bonds is 7.